The van der Waals surface area contributed by atoms with Crippen LogP contribution in [0.25, 0.3) is 0 Å². The van der Waals surface area contributed by atoms with E-state index in [-0.39, 0.29) is 0 Å². The van der Waals surface area contributed by atoms with Crippen LogP contribution in [0.5, 0.6) is 5.06 Å². The fraction of sp³-hybridized carbons (Fsp3) is 0.562. The summed E-state index contributed by atoms with van der Waals surface area (Å²) in [6, 6.07) is 3.32. The van der Waals surface area contributed by atoms with Crippen LogP contribution in [0.1, 0.15) is 61.0 Å². The molecule has 0 saturated heterocycles. The van der Waals surface area contributed by atoms with Crippen LogP contribution in [0.3, 0.4) is 0 Å². The highest BCUT2D eigenvalue weighted by Gasteiger charge is 2.07. The van der Waals surface area contributed by atoms with Gasteiger partial charge < -0.3 is 9.84 Å². The lowest BCUT2D eigenvalue weighted by Gasteiger charge is -2.03. The summed E-state index contributed by atoms with van der Waals surface area (Å²) >= 11 is 1.19. The molecule has 1 aromatic rings. The van der Waals surface area contributed by atoms with Gasteiger partial charge in [0.15, 0.2) is 5.06 Å². The zero-order valence-corrected chi connectivity index (χ0v) is 12.8. The van der Waals surface area contributed by atoms with E-state index in [0.29, 0.717) is 16.5 Å². The number of ether oxygens (including phenoxy) is 1. The number of hydrogen-bond donors (Lipinski definition) is 1. The Bertz CT molecular complexity index is 398. The molecule has 0 bridgehead atoms. The van der Waals surface area contributed by atoms with E-state index < -0.39 is 5.97 Å². The second-order valence-electron chi connectivity index (χ2n) is 4.82. The van der Waals surface area contributed by atoms with E-state index >= 15 is 0 Å². The van der Waals surface area contributed by atoms with Crippen molar-refractivity contribution in [2.24, 2.45) is 0 Å². The van der Waals surface area contributed by atoms with E-state index in [9.17, 15) is 4.79 Å². The SMILES string of the molecule is C=CCCCCCCCCCOc1ccc(C(=O)O)s1. The summed E-state index contributed by atoms with van der Waals surface area (Å²) in [5, 5.41) is 9.49. The molecule has 0 radical (unpaired) electrons. The molecular weight excluding hydrogens is 272 g/mol. The van der Waals surface area contributed by atoms with Crippen LogP contribution in [-0.4, -0.2) is 17.7 Å². The van der Waals surface area contributed by atoms with Crippen molar-refractivity contribution in [3.8, 4) is 5.06 Å². The van der Waals surface area contributed by atoms with E-state index in [1.807, 2.05) is 6.08 Å². The molecule has 4 heteroatoms. The van der Waals surface area contributed by atoms with Crippen molar-refractivity contribution in [2.75, 3.05) is 6.61 Å². The summed E-state index contributed by atoms with van der Waals surface area (Å²) in [7, 11) is 0. The van der Waals surface area contributed by atoms with Gasteiger partial charge in [0.05, 0.1) is 6.61 Å². The van der Waals surface area contributed by atoms with Crippen molar-refractivity contribution in [1.29, 1.82) is 0 Å². The number of rotatable bonds is 12. The first-order valence-corrected chi connectivity index (χ1v) is 8.12. The van der Waals surface area contributed by atoms with Crippen molar-refractivity contribution in [2.45, 2.75) is 51.4 Å². The van der Waals surface area contributed by atoms with Gasteiger partial charge in [0, 0.05) is 0 Å². The van der Waals surface area contributed by atoms with Gasteiger partial charge in [-0.2, -0.15) is 0 Å². The Morgan fingerprint density at radius 3 is 2.40 bits per heavy atom. The standard InChI is InChI=1S/C16H24O3S/c1-2-3-4-5-6-7-8-9-10-13-19-15-12-11-14(20-15)16(17)18/h2,11-12H,1,3-10,13H2,(H,17,18). The minimum absolute atomic E-state index is 0.333. The first-order chi connectivity index (χ1) is 9.74. The highest BCUT2D eigenvalue weighted by molar-refractivity contribution is 7.15. The molecule has 0 unspecified atom stereocenters. The summed E-state index contributed by atoms with van der Waals surface area (Å²) in [6.45, 7) is 4.40. The Balaban J connectivity index is 1.94. The van der Waals surface area contributed by atoms with E-state index in [2.05, 4.69) is 6.58 Å². The van der Waals surface area contributed by atoms with Gasteiger partial charge in [-0.15, -0.1) is 6.58 Å². The number of allylic oxidation sites excluding steroid dienone is 1. The van der Waals surface area contributed by atoms with Gasteiger partial charge in [0.25, 0.3) is 0 Å². The molecule has 1 N–H and O–H groups in total. The predicted molar refractivity (Wildman–Crippen MR) is 83.9 cm³/mol. The maximum Gasteiger partial charge on any atom is 0.345 e. The second kappa shape index (κ2) is 10.5. The van der Waals surface area contributed by atoms with Gasteiger partial charge in [-0.25, -0.2) is 4.79 Å². The van der Waals surface area contributed by atoms with Crippen LogP contribution in [-0.2, 0) is 0 Å². The third-order valence-corrected chi connectivity index (χ3v) is 4.07. The van der Waals surface area contributed by atoms with Gasteiger partial charge >= 0.3 is 5.97 Å². The van der Waals surface area contributed by atoms with Crippen molar-refractivity contribution < 1.29 is 14.6 Å². The number of aromatic carboxylic acids is 1. The van der Waals surface area contributed by atoms with Gasteiger partial charge in [-0.05, 0) is 31.4 Å². The maximum absolute atomic E-state index is 10.7. The fourth-order valence-electron chi connectivity index (χ4n) is 1.96. The summed E-state index contributed by atoms with van der Waals surface area (Å²) in [5.41, 5.74) is 0. The average molecular weight is 296 g/mol. The Hall–Kier alpha value is -1.29. The fourth-order valence-corrected chi connectivity index (χ4v) is 2.68. The molecular formula is C16H24O3S. The minimum atomic E-state index is -0.888. The lowest BCUT2D eigenvalue weighted by molar-refractivity contribution is 0.0702. The average Bonchev–Trinajstić information content (AvgIpc) is 2.90. The molecule has 0 aliphatic carbocycles. The Morgan fingerprint density at radius 2 is 1.80 bits per heavy atom. The summed E-state index contributed by atoms with van der Waals surface area (Å²) in [6.07, 6.45) is 11.7. The van der Waals surface area contributed by atoms with Gasteiger partial charge in [-0.1, -0.05) is 49.5 Å². The second-order valence-corrected chi connectivity index (χ2v) is 5.87. The van der Waals surface area contributed by atoms with Crippen molar-refractivity contribution >= 4 is 17.3 Å². The summed E-state index contributed by atoms with van der Waals surface area (Å²) < 4.78 is 5.54. The molecule has 3 nitrogen and oxygen atoms in total. The molecule has 1 aromatic heterocycles. The largest absolute Gasteiger partial charge is 0.484 e. The van der Waals surface area contributed by atoms with E-state index in [1.54, 1.807) is 12.1 Å². The molecule has 0 aliphatic rings. The number of thiophene rings is 1. The third-order valence-electron chi connectivity index (χ3n) is 3.09. The van der Waals surface area contributed by atoms with Crippen LogP contribution in [0.2, 0.25) is 0 Å². The van der Waals surface area contributed by atoms with Crippen molar-refractivity contribution in [3.63, 3.8) is 0 Å². The number of carbonyl (C=O) groups is 1. The van der Waals surface area contributed by atoms with Crippen LogP contribution in [0.4, 0.5) is 0 Å². The zero-order chi connectivity index (χ0) is 14.6. The topological polar surface area (TPSA) is 46.5 Å². The van der Waals surface area contributed by atoms with Crippen molar-refractivity contribution in [3.05, 3.63) is 29.7 Å². The number of hydrogen-bond acceptors (Lipinski definition) is 3. The molecule has 0 aromatic carbocycles. The van der Waals surface area contributed by atoms with Gasteiger partial charge in [0.1, 0.15) is 4.88 Å². The van der Waals surface area contributed by atoms with Crippen LogP contribution in [0.15, 0.2) is 24.8 Å². The molecule has 0 aliphatic heterocycles. The first-order valence-electron chi connectivity index (χ1n) is 7.31. The molecule has 0 saturated carbocycles. The number of carboxylic acid groups (broad SMARTS) is 1. The zero-order valence-electron chi connectivity index (χ0n) is 12.0. The minimum Gasteiger partial charge on any atom is -0.484 e. The first kappa shape index (κ1) is 16.8. The smallest absolute Gasteiger partial charge is 0.345 e. The lowest BCUT2D eigenvalue weighted by atomic mass is 10.1. The number of unbranched alkanes of at least 4 members (excludes halogenated alkanes) is 7. The van der Waals surface area contributed by atoms with E-state index in [4.69, 9.17) is 9.84 Å². The van der Waals surface area contributed by atoms with E-state index in [1.165, 1.54) is 49.9 Å². The monoisotopic (exact) mass is 296 g/mol. The lowest BCUT2D eigenvalue weighted by Crippen LogP contribution is -1.95. The number of carboxylic acids is 1. The highest BCUT2D eigenvalue weighted by Crippen LogP contribution is 2.24. The predicted octanol–water partition coefficient (Wildman–Crippen LogP) is 5.13. The molecule has 20 heavy (non-hydrogen) atoms. The molecule has 112 valence electrons. The molecule has 1 rings (SSSR count). The molecule has 0 amide bonds. The van der Waals surface area contributed by atoms with Crippen LogP contribution >= 0.6 is 11.3 Å². The Morgan fingerprint density at radius 1 is 1.15 bits per heavy atom. The summed E-state index contributed by atoms with van der Waals surface area (Å²) in [5.74, 6) is -0.888. The Kier molecular flexibility index (Phi) is 8.79. The van der Waals surface area contributed by atoms with Gasteiger partial charge in [-0.3, -0.25) is 0 Å². The van der Waals surface area contributed by atoms with Gasteiger partial charge in [0.2, 0.25) is 0 Å². The third kappa shape index (κ3) is 7.34. The highest BCUT2D eigenvalue weighted by atomic mass is 32.1. The quantitative estimate of drug-likeness (QED) is 0.429. The molecule has 0 fully saturated rings. The van der Waals surface area contributed by atoms with Crippen LogP contribution < -0.4 is 4.74 Å². The molecule has 0 atom stereocenters. The normalized spacial score (nSPS) is 10.4. The van der Waals surface area contributed by atoms with Crippen molar-refractivity contribution in [1.82, 2.24) is 0 Å². The maximum atomic E-state index is 10.7. The molecule has 0 spiro atoms. The van der Waals surface area contributed by atoms with Crippen LogP contribution in [0, 0.1) is 0 Å². The van der Waals surface area contributed by atoms with E-state index in [0.717, 1.165) is 12.8 Å². The Labute approximate surface area is 125 Å². The molecule has 1 heterocycles. The summed E-state index contributed by atoms with van der Waals surface area (Å²) in [4.78, 5) is 11.0.